The number of aromatic nitrogens is 1. The van der Waals surface area contributed by atoms with Crippen LogP contribution in [0.25, 0.3) is 11.3 Å². The van der Waals surface area contributed by atoms with Crippen molar-refractivity contribution < 1.29 is 14.2 Å². The number of rotatable bonds is 6. The molecular formula is C21H23N3O3S. The molecule has 3 aromatic rings. The van der Waals surface area contributed by atoms with Crippen LogP contribution in [0.1, 0.15) is 12.5 Å². The van der Waals surface area contributed by atoms with Gasteiger partial charge in [-0.2, -0.15) is 5.10 Å². The molecule has 0 bridgehead atoms. The third kappa shape index (κ3) is 3.94. The van der Waals surface area contributed by atoms with Crippen molar-refractivity contribution in [2.75, 3.05) is 28.4 Å². The van der Waals surface area contributed by atoms with E-state index in [1.165, 1.54) is 0 Å². The first-order chi connectivity index (χ1) is 13.6. The molecule has 0 fully saturated rings. The molecule has 0 saturated heterocycles. The third-order valence-corrected chi connectivity index (χ3v) is 5.22. The fourth-order valence-electron chi connectivity index (χ4n) is 2.78. The number of thiazole rings is 1. The summed E-state index contributed by atoms with van der Waals surface area (Å²) in [6.07, 6.45) is 0. The lowest BCUT2D eigenvalue weighted by atomic mass is 10.1. The quantitative estimate of drug-likeness (QED) is 0.590. The zero-order valence-corrected chi connectivity index (χ0v) is 17.4. The monoisotopic (exact) mass is 397 g/mol. The van der Waals surface area contributed by atoms with Crippen LogP contribution >= 0.6 is 11.3 Å². The van der Waals surface area contributed by atoms with Gasteiger partial charge in [-0.1, -0.05) is 0 Å². The SMILES string of the molecule is CN=c1scc(-c2ccc(OC)cc2)n1N=C(C)c1ccc(OC)c(OC)c1. The minimum absolute atomic E-state index is 0.667. The molecule has 28 heavy (non-hydrogen) atoms. The Hall–Kier alpha value is -3.06. The van der Waals surface area contributed by atoms with Gasteiger partial charge in [-0.15, -0.1) is 11.3 Å². The summed E-state index contributed by atoms with van der Waals surface area (Å²) in [4.78, 5) is 5.17. The molecule has 1 heterocycles. The van der Waals surface area contributed by atoms with Crippen LogP contribution in [-0.4, -0.2) is 38.8 Å². The van der Waals surface area contributed by atoms with Crippen molar-refractivity contribution in [3.63, 3.8) is 0 Å². The van der Waals surface area contributed by atoms with Gasteiger partial charge in [-0.05, 0) is 49.4 Å². The van der Waals surface area contributed by atoms with Gasteiger partial charge in [0.2, 0.25) is 4.80 Å². The minimum Gasteiger partial charge on any atom is -0.497 e. The number of benzene rings is 2. The summed E-state index contributed by atoms with van der Waals surface area (Å²) < 4.78 is 17.8. The lowest BCUT2D eigenvalue weighted by molar-refractivity contribution is 0.355. The van der Waals surface area contributed by atoms with E-state index in [2.05, 4.69) is 10.4 Å². The first kappa shape index (κ1) is 19.7. The highest BCUT2D eigenvalue weighted by molar-refractivity contribution is 7.07. The van der Waals surface area contributed by atoms with Crippen LogP contribution in [0.4, 0.5) is 0 Å². The van der Waals surface area contributed by atoms with Gasteiger partial charge in [-0.25, -0.2) is 4.68 Å². The Bertz CT molecular complexity index is 1050. The Kier molecular flexibility index (Phi) is 6.16. The molecule has 0 unspecified atom stereocenters. The third-order valence-electron chi connectivity index (χ3n) is 4.31. The van der Waals surface area contributed by atoms with E-state index in [0.29, 0.717) is 11.5 Å². The maximum atomic E-state index is 5.41. The van der Waals surface area contributed by atoms with E-state index in [1.54, 1.807) is 39.7 Å². The van der Waals surface area contributed by atoms with Gasteiger partial charge in [0, 0.05) is 23.6 Å². The summed E-state index contributed by atoms with van der Waals surface area (Å²) in [7, 11) is 6.67. The number of nitrogens with zero attached hydrogens (tertiary/aromatic N) is 3. The van der Waals surface area contributed by atoms with E-state index >= 15 is 0 Å². The zero-order chi connectivity index (χ0) is 20.1. The molecule has 1 aromatic heterocycles. The summed E-state index contributed by atoms with van der Waals surface area (Å²) in [6.45, 7) is 1.96. The Balaban J connectivity index is 2.06. The smallest absolute Gasteiger partial charge is 0.205 e. The summed E-state index contributed by atoms with van der Waals surface area (Å²) in [6, 6.07) is 13.6. The normalized spacial score (nSPS) is 12.2. The average molecular weight is 398 g/mol. The second-order valence-electron chi connectivity index (χ2n) is 5.92. The van der Waals surface area contributed by atoms with Gasteiger partial charge in [0.1, 0.15) is 5.75 Å². The van der Waals surface area contributed by atoms with Gasteiger partial charge < -0.3 is 14.2 Å². The van der Waals surface area contributed by atoms with Crippen LogP contribution in [0.2, 0.25) is 0 Å². The van der Waals surface area contributed by atoms with E-state index in [0.717, 1.165) is 33.1 Å². The van der Waals surface area contributed by atoms with E-state index in [9.17, 15) is 0 Å². The number of methoxy groups -OCH3 is 3. The molecule has 0 radical (unpaired) electrons. The van der Waals surface area contributed by atoms with Gasteiger partial charge in [0.15, 0.2) is 11.5 Å². The predicted molar refractivity (Wildman–Crippen MR) is 113 cm³/mol. The highest BCUT2D eigenvalue weighted by Gasteiger charge is 2.10. The molecule has 6 nitrogen and oxygen atoms in total. The topological polar surface area (TPSA) is 57.3 Å². The average Bonchev–Trinajstić information content (AvgIpc) is 3.15. The fourth-order valence-corrected chi connectivity index (χ4v) is 3.57. The lowest BCUT2D eigenvalue weighted by Gasteiger charge is -2.10. The Labute approximate surface area is 168 Å². The second kappa shape index (κ2) is 8.75. The van der Waals surface area contributed by atoms with Gasteiger partial charge >= 0.3 is 0 Å². The molecule has 0 aliphatic heterocycles. The van der Waals surface area contributed by atoms with Crippen LogP contribution in [0.3, 0.4) is 0 Å². The first-order valence-electron chi connectivity index (χ1n) is 8.67. The fraction of sp³-hybridized carbons (Fsp3) is 0.238. The maximum absolute atomic E-state index is 5.41. The number of ether oxygens (including phenoxy) is 3. The van der Waals surface area contributed by atoms with Crippen LogP contribution in [0, 0.1) is 0 Å². The highest BCUT2D eigenvalue weighted by atomic mass is 32.1. The van der Waals surface area contributed by atoms with Crippen molar-refractivity contribution in [1.82, 2.24) is 4.68 Å². The van der Waals surface area contributed by atoms with Crippen LogP contribution in [0.15, 0.2) is 57.9 Å². The summed E-state index contributed by atoms with van der Waals surface area (Å²) in [5.41, 5.74) is 3.78. The van der Waals surface area contributed by atoms with E-state index < -0.39 is 0 Å². The molecule has 0 aliphatic carbocycles. The summed E-state index contributed by atoms with van der Waals surface area (Å²) in [5.74, 6) is 2.17. The Morgan fingerprint density at radius 2 is 1.64 bits per heavy atom. The standard InChI is InChI=1S/C21H23N3O3S/c1-14(16-8-11-19(26-4)20(12-16)27-5)23-24-18(13-28-21(24)22-2)15-6-9-17(25-3)10-7-15/h6-13H,1-5H3. The van der Waals surface area contributed by atoms with E-state index in [1.807, 2.05) is 54.1 Å². The van der Waals surface area contributed by atoms with Crippen molar-refractivity contribution >= 4 is 17.0 Å². The van der Waals surface area contributed by atoms with Gasteiger partial charge in [0.05, 0.1) is 32.7 Å². The van der Waals surface area contributed by atoms with Crippen molar-refractivity contribution in [2.45, 2.75) is 6.92 Å². The molecule has 2 aromatic carbocycles. The zero-order valence-electron chi connectivity index (χ0n) is 16.6. The molecule has 0 saturated carbocycles. The van der Waals surface area contributed by atoms with E-state index in [4.69, 9.17) is 19.3 Å². The van der Waals surface area contributed by atoms with Crippen molar-refractivity contribution in [3.05, 3.63) is 58.2 Å². The maximum Gasteiger partial charge on any atom is 0.205 e. The highest BCUT2D eigenvalue weighted by Crippen LogP contribution is 2.28. The summed E-state index contributed by atoms with van der Waals surface area (Å²) in [5, 5.41) is 6.88. The largest absolute Gasteiger partial charge is 0.497 e. The minimum atomic E-state index is 0.667. The second-order valence-corrected chi connectivity index (χ2v) is 6.76. The van der Waals surface area contributed by atoms with Crippen LogP contribution in [0.5, 0.6) is 17.2 Å². The Morgan fingerprint density at radius 1 is 0.929 bits per heavy atom. The number of hydrogen-bond donors (Lipinski definition) is 0. The molecule has 3 rings (SSSR count). The molecule has 7 heteroatoms. The molecule has 0 spiro atoms. The predicted octanol–water partition coefficient (Wildman–Crippen LogP) is 4.05. The van der Waals surface area contributed by atoms with Crippen molar-refractivity contribution in [1.29, 1.82) is 0 Å². The Morgan fingerprint density at radius 3 is 2.25 bits per heavy atom. The first-order valence-corrected chi connectivity index (χ1v) is 9.55. The molecule has 146 valence electrons. The molecular weight excluding hydrogens is 374 g/mol. The van der Waals surface area contributed by atoms with E-state index in [-0.39, 0.29) is 0 Å². The van der Waals surface area contributed by atoms with Gasteiger partial charge in [-0.3, -0.25) is 4.99 Å². The number of hydrogen-bond acceptors (Lipinski definition) is 6. The molecule has 0 atom stereocenters. The lowest BCUT2D eigenvalue weighted by Crippen LogP contribution is -2.13. The molecule has 0 aliphatic rings. The molecule has 0 amide bonds. The van der Waals surface area contributed by atoms with Crippen molar-refractivity contribution in [3.8, 4) is 28.5 Å². The molecule has 0 N–H and O–H groups in total. The summed E-state index contributed by atoms with van der Waals surface area (Å²) >= 11 is 1.55. The van der Waals surface area contributed by atoms with Crippen LogP contribution in [-0.2, 0) is 0 Å². The van der Waals surface area contributed by atoms with Gasteiger partial charge in [0.25, 0.3) is 0 Å². The van der Waals surface area contributed by atoms with Crippen molar-refractivity contribution in [2.24, 2.45) is 10.1 Å². The van der Waals surface area contributed by atoms with Crippen LogP contribution < -0.4 is 19.0 Å².